The second-order valence-corrected chi connectivity index (χ2v) is 7.97. The lowest BCUT2D eigenvalue weighted by Gasteiger charge is -2.23. The van der Waals surface area contributed by atoms with E-state index in [4.69, 9.17) is 9.90 Å². The van der Waals surface area contributed by atoms with E-state index in [1.54, 1.807) is 6.20 Å². The van der Waals surface area contributed by atoms with Crippen LogP contribution in [-0.2, 0) is 11.3 Å². The monoisotopic (exact) mass is 486 g/mol. The smallest absolute Gasteiger partial charge is 0.256 e. The van der Waals surface area contributed by atoms with E-state index in [0.717, 1.165) is 42.3 Å². The minimum atomic E-state index is 0.0892. The van der Waals surface area contributed by atoms with E-state index in [1.165, 1.54) is 10.9 Å². The largest absolute Gasteiger partial charge is 0.400 e. The number of fused-ring (bicyclic) bond motifs is 1. The fourth-order valence-corrected chi connectivity index (χ4v) is 3.74. The molecule has 5 rings (SSSR count). The summed E-state index contributed by atoms with van der Waals surface area (Å²) in [6.45, 7) is 4.70. The highest BCUT2D eigenvalue weighted by atomic mass is 16.2. The number of aromatic nitrogens is 2. The van der Waals surface area contributed by atoms with Gasteiger partial charge in [0.2, 0.25) is 0 Å². The first-order valence-electron chi connectivity index (χ1n) is 11.7. The molecule has 0 unspecified atom stereocenters. The number of nitrogens with zero attached hydrogens (tertiary/aromatic N) is 3. The number of anilines is 1. The average Bonchev–Trinajstić information content (AvgIpc) is 3.80. The van der Waals surface area contributed by atoms with E-state index in [2.05, 4.69) is 46.5 Å². The second kappa shape index (κ2) is 15.0. The average molecular weight is 487 g/mol. The van der Waals surface area contributed by atoms with Gasteiger partial charge in [0, 0.05) is 56.4 Å². The zero-order chi connectivity index (χ0) is 26.3. The van der Waals surface area contributed by atoms with Gasteiger partial charge in [0.05, 0.1) is 11.1 Å². The van der Waals surface area contributed by atoms with Gasteiger partial charge in [-0.25, -0.2) is 0 Å². The molecule has 1 amide bonds. The minimum Gasteiger partial charge on any atom is -0.400 e. The van der Waals surface area contributed by atoms with Crippen LogP contribution in [0.25, 0.3) is 10.9 Å². The number of pyridine rings is 2. The maximum atomic E-state index is 12.9. The number of amides is 1. The molecule has 7 heteroatoms. The summed E-state index contributed by atoms with van der Waals surface area (Å²) in [4.78, 5) is 31.3. The Bertz CT molecular complexity index is 1210. The highest BCUT2D eigenvalue weighted by Gasteiger charge is 2.33. The highest BCUT2D eigenvalue weighted by Crippen LogP contribution is 2.31. The molecule has 2 aromatic carbocycles. The Morgan fingerprint density at radius 1 is 1.00 bits per heavy atom. The zero-order valence-corrected chi connectivity index (χ0v) is 21.1. The summed E-state index contributed by atoms with van der Waals surface area (Å²) < 4.78 is 0. The molecule has 0 spiro atoms. The summed E-state index contributed by atoms with van der Waals surface area (Å²) in [5.74, 6) is 0.0892. The summed E-state index contributed by atoms with van der Waals surface area (Å²) in [6, 6.07) is 22.2. The molecule has 0 radical (unpaired) electrons. The van der Waals surface area contributed by atoms with Gasteiger partial charge in [-0.3, -0.25) is 14.8 Å². The normalized spacial score (nSPS) is 11.4. The first-order valence-corrected chi connectivity index (χ1v) is 11.7. The standard InChI is InChI=1S/C17H19N3O.C10H9N.CH4O.CH2O/c1-18-16-7-3-2-6-15(16)17(21)20(14-8-9-14)12-13-5-4-10-19-11-13;1-8-4-2-5-9-6-3-7-11-10(8)9;2*1-2/h2-7,10-11,14,18H,8-9,12H2,1H3;2-7H,1H3;2H,1H3;1H2. The maximum absolute atomic E-state index is 12.9. The van der Waals surface area contributed by atoms with Crippen LogP contribution in [0.5, 0.6) is 0 Å². The summed E-state index contributed by atoms with van der Waals surface area (Å²) in [5.41, 5.74) is 5.02. The van der Waals surface area contributed by atoms with Crippen molar-refractivity contribution in [1.29, 1.82) is 0 Å². The Balaban J connectivity index is 0.000000256. The first-order chi connectivity index (χ1) is 17.7. The van der Waals surface area contributed by atoms with E-state index in [9.17, 15) is 4.79 Å². The molecule has 1 fully saturated rings. The molecule has 0 atom stereocenters. The van der Waals surface area contributed by atoms with Crippen molar-refractivity contribution in [3.8, 4) is 0 Å². The molecule has 0 bridgehead atoms. The highest BCUT2D eigenvalue weighted by molar-refractivity contribution is 5.99. The number of aryl methyl sites for hydroxylation is 1. The molecule has 1 saturated carbocycles. The van der Waals surface area contributed by atoms with Gasteiger partial charge in [-0.2, -0.15) is 0 Å². The Kier molecular flexibility index (Phi) is 11.7. The van der Waals surface area contributed by atoms with Crippen LogP contribution in [-0.4, -0.2) is 52.9 Å². The van der Waals surface area contributed by atoms with Crippen LogP contribution in [0.3, 0.4) is 0 Å². The molecule has 2 N–H and O–H groups in total. The summed E-state index contributed by atoms with van der Waals surface area (Å²) >= 11 is 0. The Morgan fingerprint density at radius 3 is 2.33 bits per heavy atom. The molecule has 7 nitrogen and oxygen atoms in total. The van der Waals surface area contributed by atoms with E-state index in [1.807, 2.05) is 73.6 Å². The minimum absolute atomic E-state index is 0.0892. The van der Waals surface area contributed by atoms with Crippen molar-refractivity contribution < 1.29 is 14.7 Å². The number of benzene rings is 2. The van der Waals surface area contributed by atoms with Gasteiger partial charge in [0.25, 0.3) is 5.91 Å². The summed E-state index contributed by atoms with van der Waals surface area (Å²) in [6.07, 6.45) is 7.59. The van der Waals surface area contributed by atoms with Crippen LogP contribution in [0.1, 0.15) is 34.3 Å². The molecule has 2 heterocycles. The van der Waals surface area contributed by atoms with Crippen molar-refractivity contribution in [1.82, 2.24) is 14.9 Å². The third-order valence-corrected chi connectivity index (χ3v) is 5.59. The quantitative estimate of drug-likeness (QED) is 0.417. The number of rotatable bonds is 5. The number of carbonyl (C=O) groups is 2. The molecule has 4 aromatic rings. The van der Waals surface area contributed by atoms with Gasteiger partial charge in [-0.15, -0.1) is 0 Å². The van der Waals surface area contributed by atoms with Crippen molar-refractivity contribution >= 4 is 29.3 Å². The van der Waals surface area contributed by atoms with E-state index < -0.39 is 0 Å². The molecule has 188 valence electrons. The number of hydrogen-bond acceptors (Lipinski definition) is 6. The molecule has 1 aliphatic carbocycles. The molecule has 0 saturated heterocycles. The second-order valence-electron chi connectivity index (χ2n) is 7.97. The Hall–Kier alpha value is -4.10. The van der Waals surface area contributed by atoms with Crippen LogP contribution in [0.15, 0.2) is 85.3 Å². The van der Waals surface area contributed by atoms with Gasteiger partial charge >= 0.3 is 0 Å². The molecule has 0 aliphatic heterocycles. The van der Waals surface area contributed by atoms with Crippen molar-refractivity contribution in [2.45, 2.75) is 32.4 Å². The van der Waals surface area contributed by atoms with E-state index >= 15 is 0 Å². The molecule has 2 aromatic heterocycles. The van der Waals surface area contributed by atoms with Crippen molar-refractivity contribution in [3.63, 3.8) is 0 Å². The van der Waals surface area contributed by atoms with Crippen LogP contribution >= 0.6 is 0 Å². The van der Waals surface area contributed by atoms with E-state index in [-0.39, 0.29) is 5.91 Å². The molecular formula is C29H34N4O3. The van der Waals surface area contributed by atoms with Gasteiger partial charge in [-0.1, -0.05) is 42.5 Å². The van der Waals surface area contributed by atoms with Crippen LogP contribution in [0.2, 0.25) is 0 Å². The number of carbonyl (C=O) groups excluding carboxylic acids is 2. The molecular weight excluding hydrogens is 452 g/mol. The maximum Gasteiger partial charge on any atom is 0.256 e. The number of hydrogen-bond donors (Lipinski definition) is 2. The number of para-hydroxylation sites is 2. The first kappa shape index (κ1) is 28.1. The third kappa shape index (κ3) is 7.71. The van der Waals surface area contributed by atoms with Gasteiger partial charge in [-0.05, 0) is 55.2 Å². The van der Waals surface area contributed by atoms with Crippen molar-refractivity contribution in [3.05, 3.63) is 102 Å². The van der Waals surface area contributed by atoms with Gasteiger partial charge in [0.15, 0.2) is 0 Å². The van der Waals surface area contributed by atoms with Gasteiger partial charge < -0.3 is 20.1 Å². The number of aliphatic hydroxyl groups is 1. The van der Waals surface area contributed by atoms with Crippen molar-refractivity contribution in [2.75, 3.05) is 19.5 Å². The van der Waals surface area contributed by atoms with Crippen LogP contribution in [0, 0.1) is 6.92 Å². The van der Waals surface area contributed by atoms with Crippen LogP contribution < -0.4 is 5.32 Å². The third-order valence-electron chi connectivity index (χ3n) is 5.59. The van der Waals surface area contributed by atoms with E-state index in [0.29, 0.717) is 12.6 Å². The predicted molar refractivity (Wildman–Crippen MR) is 145 cm³/mol. The fraction of sp³-hybridized carbons (Fsp3) is 0.241. The number of aliphatic hydroxyl groups excluding tert-OH is 1. The lowest BCUT2D eigenvalue weighted by molar-refractivity contribution is -0.0980. The lowest BCUT2D eigenvalue weighted by Crippen LogP contribution is -2.33. The van der Waals surface area contributed by atoms with Gasteiger partial charge in [0.1, 0.15) is 6.79 Å². The fourth-order valence-electron chi connectivity index (χ4n) is 3.74. The zero-order valence-electron chi connectivity index (χ0n) is 21.1. The van der Waals surface area contributed by atoms with Crippen molar-refractivity contribution in [2.24, 2.45) is 0 Å². The lowest BCUT2D eigenvalue weighted by atomic mass is 10.1. The predicted octanol–water partition coefficient (Wildman–Crippen LogP) is 4.89. The SMILES string of the molecule is C=O.CNc1ccccc1C(=O)N(Cc1cccnc1)C1CC1.CO.Cc1cccc2cccnc12. The van der Waals surface area contributed by atoms with Crippen LogP contribution in [0.4, 0.5) is 5.69 Å². The molecule has 36 heavy (non-hydrogen) atoms. The summed E-state index contributed by atoms with van der Waals surface area (Å²) in [7, 11) is 2.84. The molecule has 1 aliphatic rings. The Morgan fingerprint density at radius 2 is 1.69 bits per heavy atom. The number of nitrogens with one attached hydrogen (secondary N) is 1. The topological polar surface area (TPSA) is 95.4 Å². The Labute approximate surface area is 212 Å². The summed E-state index contributed by atoms with van der Waals surface area (Å²) in [5, 5.41) is 11.3.